The zero-order chi connectivity index (χ0) is 25.3. The molecule has 0 bridgehead atoms. The number of amides is 1. The monoisotopic (exact) mass is 613 g/mol. The summed E-state index contributed by atoms with van der Waals surface area (Å²) in [7, 11) is 0. The molecule has 4 rings (SSSR count). The molecule has 0 saturated carbocycles. The Morgan fingerprint density at radius 3 is 2.61 bits per heavy atom. The molecule has 184 valence electrons. The van der Waals surface area contributed by atoms with E-state index < -0.39 is 0 Å². The lowest BCUT2D eigenvalue weighted by Crippen LogP contribution is -2.25. The summed E-state index contributed by atoms with van der Waals surface area (Å²) in [5.41, 5.74) is 5.25. The van der Waals surface area contributed by atoms with Crippen LogP contribution in [0.15, 0.2) is 84.0 Å². The second kappa shape index (κ2) is 12.6. The van der Waals surface area contributed by atoms with Gasteiger partial charge in [0.05, 0.1) is 22.9 Å². The van der Waals surface area contributed by atoms with Crippen LogP contribution in [0.2, 0.25) is 5.02 Å². The molecular formula is C28H25ClIN3O3. The van der Waals surface area contributed by atoms with Crippen LogP contribution in [0.4, 0.5) is 5.69 Å². The first kappa shape index (κ1) is 25.8. The van der Waals surface area contributed by atoms with Crippen LogP contribution in [0.25, 0.3) is 10.8 Å². The molecular weight excluding hydrogens is 589 g/mol. The molecule has 0 fully saturated rings. The van der Waals surface area contributed by atoms with E-state index in [1.165, 1.54) is 0 Å². The molecule has 0 unspecified atom stereocenters. The summed E-state index contributed by atoms with van der Waals surface area (Å²) in [5.74, 6) is 1.03. The molecule has 4 aromatic carbocycles. The standard InChI is InChI=1S/C28H25ClIN3O3/c1-2-35-26-15-20(14-24(30)28(26)36-18-19-10-12-22(29)13-11-19)16-32-33-27(34)17-31-25-9-5-7-21-6-3-4-8-23(21)25/h3-16,31H,2,17-18H2,1H3,(H,33,34)/b32-16-. The van der Waals surface area contributed by atoms with Gasteiger partial charge in [-0.15, -0.1) is 0 Å². The predicted octanol–water partition coefficient (Wildman–Crippen LogP) is 6.64. The lowest BCUT2D eigenvalue weighted by Gasteiger charge is -2.15. The van der Waals surface area contributed by atoms with E-state index in [0.717, 1.165) is 31.2 Å². The number of hydrazone groups is 1. The number of carbonyl (C=O) groups excluding carboxylic acids is 1. The number of anilines is 1. The van der Waals surface area contributed by atoms with E-state index in [2.05, 4.69) is 38.4 Å². The molecule has 4 aromatic rings. The number of halogens is 2. The largest absolute Gasteiger partial charge is 0.490 e. The summed E-state index contributed by atoms with van der Waals surface area (Å²) in [6.45, 7) is 2.90. The number of hydrogen-bond acceptors (Lipinski definition) is 5. The second-order valence-electron chi connectivity index (χ2n) is 7.85. The molecule has 8 heteroatoms. The zero-order valence-electron chi connectivity index (χ0n) is 19.6. The van der Waals surface area contributed by atoms with Crippen LogP contribution in [0.5, 0.6) is 11.5 Å². The Morgan fingerprint density at radius 2 is 1.81 bits per heavy atom. The molecule has 0 aliphatic carbocycles. The Morgan fingerprint density at radius 1 is 1.03 bits per heavy atom. The molecule has 1 amide bonds. The third kappa shape index (κ3) is 6.89. The van der Waals surface area contributed by atoms with Crippen molar-refractivity contribution in [3.63, 3.8) is 0 Å². The van der Waals surface area contributed by atoms with Gasteiger partial charge in [-0.3, -0.25) is 4.79 Å². The minimum Gasteiger partial charge on any atom is -0.490 e. The quantitative estimate of drug-likeness (QED) is 0.120. The molecule has 0 aromatic heterocycles. The van der Waals surface area contributed by atoms with Crippen molar-refractivity contribution in [2.24, 2.45) is 5.10 Å². The van der Waals surface area contributed by atoms with Gasteiger partial charge in [0, 0.05) is 16.1 Å². The molecule has 2 N–H and O–H groups in total. The van der Waals surface area contributed by atoms with Gasteiger partial charge in [-0.1, -0.05) is 60.1 Å². The Balaban J connectivity index is 1.37. The van der Waals surface area contributed by atoms with Gasteiger partial charge in [-0.2, -0.15) is 5.10 Å². The third-order valence-electron chi connectivity index (χ3n) is 5.26. The van der Waals surface area contributed by atoms with E-state index in [0.29, 0.717) is 29.7 Å². The third-order valence-corrected chi connectivity index (χ3v) is 6.31. The summed E-state index contributed by atoms with van der Waals surface area (Å²) >= 11 is 8.17. The number of carbonyl (C=O) groups is 1. The Bertz CT molecular complexity index is 1370. The van der Waals surface area contributed by atoms with Crippen molar-refractivity contribution in [3.8, 4) is 11.5 Å². The normalized spacial score (nSPS) is 11.0. The summed E-state index contributed by atoms with van der Waals surface area (Å²) in [6.07, 6.45) is 1.59. The minimum atomic E-state index is -0.248. The lowest BCUT2D eigenvalue weighted by atomic mass is 10.1. The Hall–Kier alpha value is -3.30. The van der Waals surface area contributed by atoms with Crippen molar-refractivity contribution >= 4 is 62.8 Å². The number of ether oxygens (including phenoxy) is 2. The molecule has 6 nitrogen and oxygen atoms in total. The highest BCUT2D eigenvalue weighted by atomic mass is 127. The molecule has 36 heavy (non-hydrogen) atoms. The first-order valence-electron chi connectivity index (χ1n) is 11.4. The van der Waals surface area contributed by atoms with Crippen molar-refractivity contribution in [3.05, 3.63) is 98.6 Å². The predicted molar refractivity (Wildman–Crippen MR) is 154 cm³/mol. The van der Waals surface area contributed by atoms with Gasteiger partial charge in [-0.05, 0) is 76.4 Å². The summed E-state index contributed by atoms with van der Waals surface area (Å²) in [4.78, 5) is 12.3. The maximum atomic E-state index is 12.3. The molecule has 0 spiro atoms. The maximum absolute atomic E-state index is 12.3. The van der Waals surface area contributed by atoms with Crippen molar-refractivity contribution in [2.75, 3.05) is 18.5 Å². The lowest BCUT2D eigenvalue weighted by molar-refractivity contribution is -0.119. The summed E-state index contributed by atoms with van der Waals surface area (Å²) in [6, 6.07) is 25.3. The van der Waals surface area contributed by atoms with Crippen molar-refractivity contribution in [1.82, 2.24) is 5.43 Å². The van der Waals surface area contributed by atoms with E-state index in [9.17, 15) is 4.79 Å². The molecule has 0 radical (unpaired) electrons. The van der Waals surface area contributed by atoms with Gasteiger partial charge in [0.25, 0.3) is 5.91 Å². The van der Waals surface area contributed by atoms with Gasteiger partial charge < -0.3 is 14.8 Å². The number of rotatable bonds is 10. The molecule has 0 aliphatic heterocycles. The smallest absolute Gasteiger partial charge is 0.259 e. The van der Waals surface area contributed by atoms with Gasteiger partial charge in [-0.25, -0.2) is 5.43 Å². The first-order chi connectivity index (χ1) is 17.5. The van der Waals surface area contributed by atoms with Crippen LogP contribution in [0.1, 0.15) is 18.1 Å². The van der Waals surface area contributed by atoms with E-state index in [-0.39, 0.29) is 12.5 Å². The maximum Gasteiger partial charge on any atom is 0.259 e. The van der Waals surface area contributed by atoms with Crippen LogP contribution in [-0.2, 0) is 11.4 Å². The summed E-state index contributed by atoms with van der Waals surface area (Å²) < 4.78 is 12.7. The topological polar surface area (TPSA) is 72.0 Å². The Kier molecular flexibility index (Phi) is 9.02. The van der Waals surface area contributed by atoms with Gasteiger partial charge in [0.2, 0.25) is 0 Å². The second-order valence-corrected chi connectivity index (χ2v) is 9.45. The number of nitrogens with one attached hydrogen (secondary N) is 2. The van der Waals surface area contributed by atoms with E-state index in [1.54, 1.807) is 6.21 Å². The van der Waals surface area contributed by atoms with Gasteiger partial charge >= 0.3 is 0 Å². The minimum absolute atomic E-state index is 0.102. The van der Waals surface area contributed by atoms with Gasteiger partial charge in [0.15, 0.2) is 11.5 Å². The van der Waals surface area contributed by atoms with Crippen molar-refractivity contribution < 1.29 is 14.3 Å². The van der Waals surface area contributed by atoms with Crippen LogP contribution in [-0.4, -0.2) is 25.3 Å². The highest BCUT2D eigenvalue weighted by Crippen LogP contribution is 2.34. The van der Waals surface area contributed by atoms with E-state index >= 15 is 0 Å². The SMILES string of the molecule is CCOc1cc(/C=N\NC(=O)CNc2cccc3ccccc23)cc(I)c1OCc1ccc(Cl)cc1. The zero-order valence-corrected chi connectivity index (χ0v) is 22.5. The van der Waals surface area contributed by atoms with Gasteiger partial charge in [0.1, 0.15) is 6.61 Å². The van der Waals surface area contributed by atoms with Crippen LogP contribution < -0.4 is 20.2 Å². The van der Waals surface area contributed by atoms with Crippen molar-refractivity contribution in [2.45, 2.75) is 13.5 Å². The molecule has 0 atom stereocenters. The van der Waals surface area contributed by atoms with E-state index in [4.69, 9.17) is 21.1 Å². The van der Waals surface area contributed by atoms with Crippen LogP contribution >= 0.6 is 34.2 Å². The number of benzene rings is 4. The number of fused-ring (bicyclic) bond motifs is 1. The fourth-order valence-corrected chi connectivity index (χ4v) is 4.48. The fourth-order valence-electron chi connectivity index (χ4n) is 3.58. The number of hydrogen-bond donors (Lipinski definition) is 2. The number of nitrogens with zero attached hydrogens (tertiary/aromatic N) is 1. The fraction of sp³-hybridized carbons (Fsp3) is 0.143. The Labute approximate surface area is 228 Å². The highest BCUT2D eigenvalue weighted by Gasteiger charge is 2.12. The van der Waals surface area contributed by atoms with Crippen LogP contribution in [0.3, 0.4) is 0 Å². The van der Waals surface area contributed by atoms with Crippen molar-refractivity contribution in [1.29, 1.82) is 0 Å². The average Bonchev–Trinajstić information content (AvgIpc) is 2.88. The molecule has 0 saturated heterocycles. The summed E-state index contributed by atoms with van der Waals surface area (Å²) in [5, 5.41) is 10.1. The highest BCUT2D eigenvalue weighted by molar-refractivity contribution is 14.1. The van der Waals surface area contributed by atoms with E-state index in [1.807, 2.05) is 85.8 Å². The molecule has 0 heterocycles. The molecule has 0 aliphatic rings. The average molecular weight is 614 g/mol. The first-order valence-corrected chi connectivity index (χ1v) is 12.9. The van der Waals surface area contributed by atoms with Crippen LogP contribution in [0, 0.1) is 3.57 Å².